The third kappa shape index (κ3) is 5.83. The van der Waals surface area contributed by atoms with Crippen molar-refractivity contribution in [1.29, 1.82) is 0 Å². The first-order chi connectivity index (χ1) is 19.7. The number of oxime groups is 1. The molecular formula is C24H22N6O7S4. The van der Waals surface area contributed by atoms with Gasteiger partial charge in [0.25, 0.3) is 11.8 Å². The second-order valence-corrected chi connectivity index (χ2v) is 12.6. The van der Waals surface area contributed by atoms with Gasteiger partial charge in [0, 0.05) is 27.8 Å². The minimum absolute atomic E-state index is 0.104. The van der Waals surface area contributed by atoms with Crippen LogP contribution in [-0.2, 0) is 19.2 Å². The van der Waals surface area contributed by atoms with Crippen LogP contribution >= 0.6 is 46.2 Å². The first kappa shape index (κ1) is 28.7. The molecule has 3 aromatic rings. The number of aromatic hydroxyl groups is 2. The number of β-lactam (4-membered cyclic amide) rings is 1. The van der Waals surface area contributed by atoms with Crippen molar-refractivity contribution in [2.75, 3.05) is 23.8 Å². The fraction of sp³-hybridized carbons (Fsp3) is 0.250. The van der Waals surface area contributed by atoms with Crippen LogP contribution in [0.3, 0.4) is 0 Å². The molecule has 2 aromatic heterocycles. The Kier molecular flexibility index (Phi) is 8.39. The molecule has 0 spiro atoms. The summed E-state index contributed by atoms with van der Waals surface area (Å²) < 4.78 is 0.667. The average molecular weight is 635 g/mol. The third-order valence-corrected chi connectivity index (χ3v) is 10.0. The molecule has 5 rings (SSSR count). The molecule has 0 unspecified atom stereocenters. The second kappa shape index (κ2) is 12.0. The molecule has 214 valence electrons. The fourth-order valence-electron chi connectivity index (χ4n) is 4.02. The zero-order valence-corrected chi connectivity index (χ0v) is 24.4. The topological polar surface area (TPSA) is 201 Å². The zero-order chi connectivity index (χ0) is 29.3. The van der Waals surface area contributed by atoms with Crippen LogP contribution in [0.15, 0.2) is 49.7 Å². The Labute approximate surface area is 249 Å². The summed E-state index contributed by atoms with van der Waals surface area (Å²) in [5.74, 6) is -2.34. The number of carboxylic acids is 1. The van der Waals surface area contributed by atoms with E-state index in [2.05, 4.69) is 20.4 Å². The number of nitrogens with one attached hydrogen (secondary N) is 1. The minimum Gasteiger partial charge on any atom is -0.504 e. The summed E-state index contributed by atoms with van der Waals surface area (Å²) in [5, 5.41) is 38.7. The van der Waals surface area contributed by atoms with Crippen molar-refractivity contribution >= 4 is 74.8 Å². The van der Waals surface area contributed by atoms with Crippen molar-refractivity contribution in [3.05, 3.63) is 45.9 Å². The number of anilines is 1. The number of thiazole rings is 2. The number of carbonyl (C=O) groups excluding carboxylic acids is 2. The van der Waals surface area contributed by atoms with E-state index in [0.29, 0.717) is 26.9 Å². The molecule has 17 heteroatoms. The average Bonchev–Trinajstić information content (AvgIpc) is 3.60. The lowest BCUT2D eigenvalue weighted by Gasteiger charge is -2.49. The minimum atomic E-state index is -1.24. The summed E-state index contributed by atoms with van der Waals surface area (Å²) in [6, 6.07) is 3.45. The van der Waals surface area contributed by atoms with E-state index in [0.717, 1.165) is 11.3 Å². The van der Waals surface area contributed by atoms with Gasteiger partial charge in [0.1, 0.15) is 29.4 Å². The highest BCUT2D eigenvalue weighted by molar-refractivity contribution is 8.01. The Morgan fingerprint density at radius 2 is 2.05 bits per heavy atom. The predicted molar refractivity (Wildman–Crippen MR) is 156 cm³/mol. The molecule has 13 nitrogen and oxygen atoms in total. The number of carbonyl (C=O) groups is 3. The molecule has 1 aromatic carbocycles. The van der Waals surface area contributed by atoms with E-state index in [1.54, 1.807) is 23.8 Å². The Morgan fingerprint density at radius 3 is 2.73 bits per heavy atom. The number of rotatable bonds is 10. The lowest BCUT2D eigenvalue weighted by atomic mass is 10.0. The summed E-state index contributed by atoms with van der Waals surface area (Å²) in [6.45, 7) is 1.91. The van der Waals surface area contributed by atoms with Gasteiger partial charge < -0.3 is 31.2 Å². The monoisotopic (exact) mass is 634 g/mol. The number of fused-ring (bicyclic) bond motifs is 1. The van der Waals surface area contributed by atoms with E-state index < -0.39 is 29.2 Å². The predicted octanol–water partition coefficient (Wildman–Crippen LogP) is 2.53. The summed E-state index contributed by atoms with van der Waals surface area (Å²) >= 11 is 5.15. The number of phenols is 2. The van der Waals surface area contributed by atoms with Gasteiger partial charge in [0.15, 0.2) is 26.7 Å². The summed E-state index contributed by atoms with van der Waals surface area (Å²) in [5.41, 5.74) is 7.42. The fourth-order valence-corrected chi connectivity index (χ4v) is 7.89. The van der Waals surface area contributed by atoms with Gasteiger partial charge in [0.2, 0.25) is 0 Å². The van der Waals surface area contributed by atoms with Crippen LogP contribution in [0.4, 0.5) is 5.13 Å². The quantitative estimate of drug-likeness (QED) is 0.0719. The van der Waals surface area contributed by atoms with Crippen LogP contribution in [0.1, 0.15) is 12.6 Å². The van der Waals surface area contributed by atoms with Gasteiger partial charge in [-0.1, -0.05) is 16.9 Å². The lowest BCUT2D eigenvalue weighted by molar-refractivity contribution is -0.150. The maximum atomic E-state index is 13.1. The summed E-state index contributed by atoms with van der Waals surface area (Å²) in [6.07, 6.45) is 0. The number of hydrogen-bond acceptors (Lipinski definition) is 14. The van der Waals surface area contributed by atoms with Gasteiger partial charge in [-0.05, 0) is 30.7 Å². The molecule has 2 atom stereocenters. The smallest absolute Gasteiger partial charge is 0.352 e. The summed E-state index contributed by atoms with van der Waals surface area (Å²) in [4.78, 5) is 53.2. The SMILES string of the molecule is CCON=C(C(=O)N[C@@H]1C(=O)N2C(C(=O)O)=C(CSc3nc(-c4ccc(O)c(O)c4)cs3)CS[C@H]12)c1csc(N)n1. The number of aromatic nitrogens is 2. The first-order valence-corrected chi connectivity index (χ1v) is 15.7. The van der Waals surface area contributed by atoms with Crippen molar-refractivity contribution in [3.8, 4) is 22.8 Å². The number of nitrogen functional groups attached to an aromatic ring is 1. The number of nitrogens with zero attached hydrogens (tertiary/aromatic N) is 4. The molecule has 2 aliphatic rings. The van der Waals surface area contributed by atoms with E-state index in [-0.39, 0.29) is 46.1 Å². The van der Waals surface area contributed by atoms with Gasteiger partial charge in [-0.15, -0.1) is 34.4 Å². The maximum Gasteiger partial charge on any atom is 0.352 e. The van der Waals surface area contributed by atoms with E-state index in [4.69, 9.17) is 10.6 Å². The van der Waals surface area contributed by atoms with Crippen molar-refractivity contribution in [2.45, 2.75) is 22.7 Å². The van der Waals surface area contributed by atoms with Gasteiger partial charge in [-0.25, -0.2) is 14.8 Å². The number of carboxylic acid groups (broad SMARTS) is 1. The Morgan fingerprint density at radius 1 is 1.24 bits per heavy atom. The van der Waals surface area contributed by atoms with Crippen LogP contribution in [0.25, 0.3) is 11.3 Å². The van der Waals surface area contributed by atoms with Crippen molar-refractivity contribution in [3.63, 3.8) is 0 Å². The molecule has 0 radical (unpaired) electrons. The molecule has 1 fully saturated rings. The number of thioether (sulfide) groups is 2. The molecule has 6 N–H and O–H groups in total. The van der Waals surface area contributed by atoms with Gasteiger partial charge in [0.05, 0.1) is 5.69 Å². The Bertz CT molecular complexity index is 1590. The van der Waals surface area contributed by atoms with Crippen LogP contribution in [-0.4, -0.2) is 83.2 Å². The molecule has 41 heavy (non-hydrogen) atoms. The molecular weight excluding hydrogens is 613 g/mol. The standard InChI is InChI=1S/C24H22N6O7S4/c1-2-37-29-16(13-9-39-23(25)26-13)19(33)28-17-20(34)30-18(22(35)36)11(6-38-21(17)30)7-40-24-27-12(8-41-24)10-3-4-14(31)15(32)5-10/h3-5,8-9,17,21,31-32H,2,6-7H2,1H3,(H2,25,26)(H,28,33)(H,35,36)/t17-,21-/m1/s1. The van der Waals surface area contributed by atoms with Crippen LogP contribution < -0.4 is 11.1 Å². The maximum absolute atomic E-state index is 13.1. The van der Waals surface area contributed by atoms with Gasteiger partial charge in [-0.2, -0.15) is 0 Å². The number of nitrogens with two attached hydrogens (primary N) is 1. The van der Waals surface area contributed by atoms with E-state index in [1.165, 1.54) is 51.9 Å². The second-order valence-electron chi connectivity index (χ2n) is 8.54. The Balaban J connectivity index is 1.28. The van der Waals surface area contributed by atoms with Crippen molar-refractivity contribution in [2.24, 2.45) is 5.16 Å². The third-order valence-electron chi connectivity index (χ3n) is 5.93. The van der Waals surface area contributed by atoms with Gasteiger partial charge >= 0.3 is 5.97 Å². The molecule has 0 saturated carbocycles. The normalized spacial score (nSPS) is 18.6. The van der Waals surface area contributed by atoms with Gasteiger partial charge in [-0.3, -0.25) is 14.5 Å². The van der Waals surface area contributed by atoms with E-state index in [1.807, 2.05) is 0 Å². The highest BCUT2D eigenvalue weighted by Gasteiger charge is 2.54. The van der Waals surface area contributed by atoms with Crippen LogP contribution in [0.2, 0.25) is 0 Å². The van der Waals surface area contributed by atoms with E-state index >= 15 is 0 Å². The number of benzene rings is 1. The molecule has 2 amide bonds. The number of phenolic OH excluding ortho intramolecular Hbond substituents is 2. The molecule has 2 aliphatic heterocycles. The van der Waals surface area contributed by atoms with Crippen molar-refractivity contribution < 1.29 is 34.5 Å². The molecule has 0 bridgehead atoms. The highest BCUT2D eigenvalue weighted by atomic mass is 32.2. The Hall–Kier alpha value is -3.80. The van der Waals surface area contributed by atoms with Crippen LogP contribution in [0, 0.1) is 0 Å². The number of hydrogen-bond donors (Lipinski definition) is 5. The number of amides is 2. The van der Waals surface area contributed by atoms with Crippen molar-refractivity contribution in [1.82, 2.24) is 20.2 Å². The number of aliphatic carboxylic acids is 1. The largest absolute Gasteiger partial charge is 0.504 e. The molecule has 0 aliphatic carbocycles. The molecule has 4 heterocycles. The molecule has 1 saturated heterocycles. The zero-order valence-electron chi connectivity index (χ0n) is 21.1. The lowest BCUT2D eigenvalue weighted by Crippen LogP contribution is -2.71. The highest BCUT2D eigenvalue weighted by Crippen LogP contribution is 2.42. The first-order valence-electron chi connectivity index (χ1n) is 11.9. The summed E-state index contributed by atoms with van der Waals surface area (Å²) in [7, 11) is 0. The van der Waals surface area contributed by atoms with E-state index in [9.17, 15) is 29.7 Å². The van der Waals surface area contributed by atoms with Crippen LogP contribution in [0.5, 0.6) is 11.5 Å².